The summed E-state index contributed by atoms with van der Waals surface area (Å²) in [6.45, 7) is 3.87. The molecule has 0 aliphatic carbocycles. The molecule has 0 spiro atoms. The molecule has 1 aromatic carbocycles. The topological polar surface area (TPSA) is 69.6 Å². The summed E-state index contributed by atoms with van der Waals surface area (Å²) in [6, 6.07) is 5.79. The van der Waals surface area contributed by atoms with Crippen molar-refractivity contribution < 1.29 is 0 Å². The van der Waals surface area contributed by atoms with Crippen LogP contribution in [0, 0.1) is 6.92 Å². The Morgan fingerprint density at radius 1 is 1.38 bits per heavy atom. The van der Waals surface area contributed by atoms with Crippen molar-refractivity contribution in [2.75, 3.05) is 0 Å². The third-order valence-electron chi connectivity index (χ3n) is 2.17. The fourth-order valence-corrected chi connectivity index (χ4v) is 2.10. The largest absolute Gasteiger partial charge is 0.321 e. The zero-order chi connectivity index (χ0) is 11.7. The van der Waals surface area contributed by atoms with Gasteiger partial charge in [0.1, 0.15) is 0 Å². The molecular weight excluding hydrogens is 270 g/mol. The summed E-state index contributed by atoms with van der Waals surface area (Å²) < 4.78 is 2.65. The van der Waals surface area contributed by atoms with Gasteiger partial charge >= 0.3 is 0 Å². The molecule has 1 aromatic heterocycles. The first kappa shape index (κ1) is 11.2. The predicted octanol–water partition coefficient (Wildman–Crippen LogP) is 1.75. The van der Waals surface area contributed by atoms with Crippen LogP contribution in [0.1, 0.15) is 24.4 Å². The Bertz CT molecular complexity index is 485. The van der Waals surface area contributed by atoms with Crippen LogP contribution < -0.4 is 5.73 Å². The number of halogens is 1. The van der Waals surface area contributed by atoms with Gasteiger partial charge in [-0.1, -0.05) is 15.9 Å². The smallest absolute Gasteiger partial charge is 0.173 e. The molecule has 5 nitrogen and oxygen atoms in total. The molecule has 84 valence electrons. The first-order chi connectivity index (χ1) is 7.58. The van der Waals surface area contributed by atoms with Gasteiger partial charge < -0.3 is 5.73 Å². The van der Waals surface area contributed by atoms with E-state index in [1.807, 2.05) is 32.0 Å². The molecule has 0 aliphatic rings. The Hall–Kier alpha value is -1.27. The van der Waals surface area contributed by atoms with Crippen LogP contribution in [0.4, 0.5) is 0 Å². The average molecular weight is 282 g/mol. The van der Waals surface area contributed by atoms with Crippen molar-refractivity contribution in [3.8, 4) is 5.69 Å². The van der Waals surface area contributed by atoms with E-state index < -0.39 is 0 Å². The van der Waals surface area contributed by atoms with E-state index >= 15 is 0 Å². The lowest BCUT2D eigenvalue weighted by Crippen LogP contribution is -2.13. The maximum Gasteiger partial charge on any atom is 0.173 e. The van der Waals surface area contributed by atoms with Crippen molar-refractivity contribution in [3.05, 3.63) is 34.1 Å². The van der Waals surface area contributed by atoms with E-state index in [2.05, 4.69) is 31.5 Å². The fraction of sp³-hybridized carbons (Fsp3) is 0.300. The molecule has 16 heavy (non-hydrogen) atoms. The van der Waals surface area contributed by atoms with E-state index in [0.29, 0.717) is 5.82 Å². The molecule has 1 atom stereocenters. The van der Waals surface area contributed by atoms with Crippen LogP contribution in [0.5, 0.6) is 0 Å². The fourth-order valence-electron chi connectivity index (χ4n) is 1.50. The van der Waals surface area contributed by atoms with E-state index in [9.17, 15) is 0 Å². The van der Waals surface area contributed by atoms with Gasteiger partial charge in [-0.05, 0) is 48.0 Å². The first-order valence-electron chi connectivity index (χ1n) is 4.89. The highest BCUT2D eigenvalue weighted by molar-refractivity contribution is 9.10. The minimum atomic E-state index is -0.200. The van der Waals surface area contributed by atoms with Gasteiger partial charge in [0.05, 0.1) is 11.7 Å². The summed E-state index contributed by atoms with van der Waals surface area (Å²) >= 11 is 3.45. The van der Waals surface area contributed by atoms with Crippen molar-refractivity contribution in [2.45, 2.75) is 19.9 Å². The maximum absolute atomic E-state index is 5.80. The molecule has 0 bridgehead atoms. The molecule has 6 heteroatoms. The van der Waals surface area contributed by atoms with E-state index in [0.717, 1.165) is 15.7 Å². The van der Waals surface area contributed by atoms with Crippen LogP contribution in [0.3, 0.4) is 0 Å². The molecule has 0 saturated carbocycles. The second-order valence-corrected chi connectivity index (χ2v) is 4.64. The summed E-state index contributed by atoms with van der Waals surface area (Å²) in [7, 11) is 0. The summed E-state index contributed by atoms with van der Waals surface area (Å²) in [5.41, 5.74) is 7.84. The zero-order valence-electron chi connectivity index (χ0n) is 9.05. The van der Waals surface area contributed by atoms with Gasteiger partial charge in [-0.25, -0.2) is 0 Å². The number of hydrogen-bond donors (Lipinski definition) is 1. The van der Waals surface area contributed by atoms with Crippen molar-refractivity contribution in [1.29, 1.82) is 0 Å². The number of hydrogen-bond acceptors (Lipinski definition) is 4. The van der Waals surface area contributed by atoms with Gasteiger partial charge in [-0.3, -0.25) is 0 Å². The highest BCUT2D eigenvalue weighted by atomic mass is 79.9. The van der Waals surface area contributed by atoms with E-state index in [-0.39, 0.29) is 6.04 Å². The van der Waals surface area contributed by atoms with Crippen LogP contribution in [0.25, 0.3) is 5.69 Å². The average Bonchev–Trinajstić information content (AvgIpc) is 2.63. The van der Waals surface area contributed by atoms with Crippen LogP contribution in [0.15, 0.2) is 22.7 Å². The number of aromatic nitrogens is 4. The standard InChI is InChI=1S/C10H12BrN5/c1-6-3-8(11)5-9(4-6)16-10(7(2)12)13-14-15-16/h3-5,7H,12H2,1-2H3. The second kappa shape index (κ2) is 4.31. The number of benzene rings is 1. The van der Waals surface area contributed by atoms with E-state index in [1.54, 1.807) is 4.68 Å². The first-order valence-corrected chi connectivity index (χ1v) is 5.68. The normalized spacial score (nSPS) is 12.8. The Labute approximate surface area is 102 Å². The SMILES string of the molecule is Cc1cc(Br)cc(-n2nnnc2C(C)N)c1. The summed E-state index contributed by atoms with van der Waals surface area (Å²) in [6.07, 6.45) is 0. The Balaban J connectivity index is 2.54. The monoisotopic (exact) mass is 281 g/mol. The summed E-state index contributed by atoms with van der Waals surface area (Å²) in [5, 5.41) is 11.5. The van der Waals surface area contributed by atoms with Crippen molar-refractivity contribution >= 4 is 15.9 Å². The van der Waals surface area contributed by atoms with E-state index in [1.165, 1.54) is 0 Å². The predicted molar refractivity (Wildman–Crippen MR) is 64.2 cm³/mol. The Morgan fingerprint density at radius 3 is 2.75 bits per heavy atom. The van der Waals surface area contributed by atoms with Gasteiger partial charge in [0.2, 0.25) is 0 Å². The molecule has 0 saturated heterocycles. The zero-order valence-corrected chi connectivity index (χ0v) is 10.6. The lowest BCUT2D eigenvalue weighted by Gasteiger charge is -2.08. The molecule has 1 unspecified atom stereocenters. The van der Waals surface area contributed by atoms with Crippen molar-refractivity contribution in [1.82, 2.24) is 20.2 Å². The lowest BCUT2D eigenvalue weighted by molar-refractivity contribution is 0.688. The molecular formula is C10H12BrN5. The molecule has 2 rings (SSSR count). The van der Waals surface area contributed by atoms with Crippen LogP contribution in [-0.4, -0.2) is 20.2 Å². The highest BCUT2D eigenvalue weighted by Crippen LogP contribution is 2.19. The molecule has 2 aromatic rings. The minimum absolute atomic E-state index is 0.200. The molecule has 0 fully saturated rings. The summed E-state index contributed by atoms with van der Waals surface area (Å²) in [5.74, 6) is 0.650. The van der Waals surface area contributed by atoms with Crippen LogP contribution in [-0.2, 0) is 0 Å². The maximum atomic E-state index is 5.80. The number of rotatable bonds is 2. The quantitative estimate of drug-likeness (QED) is 0.911. The molecule has 0 amide bonds. The van der Waals surface area contributed by atoms with Crippen molar-refractivity contribution in [2.24, 2.45) is 5.73 Å². The Morgan fingerprint density at radius 2 is 2.12 bits per heavy atom. The Kier molecular flexibility index (Phi) is 3.02. The number of nitrogens with zero attached hydrogens (tertiary/aromatic N) is 4. The third kappa shape index (κ3) is 2.12. The second-order valence-electron chi connectivity index (χ2n) is 3.72. The van der Waals surface area contributed by atoms with E-state index in [4.69, 9.17) is 5.73 Å². The van der Waals surface area contributed by atoms with Crippen LogP contribution in [0.2, 0.25) is 0 Å². The van der Waals surface area contributed by atoms with Gasteiger partial charge in [0.25, 0.3) is 0 Å². The molecule has 0 aliphatic heterocycles. The van der Waals surface area contributed by atoms with Crippen LogP contribution >= 0.6 is 15.9 Å². The number of aryl methyl sites for hydroxylation is 1. The van der Waals surface area contributed by atoms with Gasteiger partial charge in [-0.15, -0.1) is 5.10 Å². The van der Waals surface area contributed by atoms with Crippen molar-refractivity contribution in [3.63, 3.8) is 0 Å². The lowest BCUT2D eigenvalue weighted by atomic mass is 10.2. The highest BCUT2D eigenvalue weighted by Gasteiger charge is 2.12. The summed E-state index contributed by atoms with van der Waals surface area (Å²) in [4.78, 5) is 0. The number of tetrazole rings is 1. The molecule has 1 heterocycles. The van der Waals surface area contributed by atoms with Gasteiger partial charge in [-0.2, -0.15) is 4.68 Å². The van der Waals surface area contributed by atoms with Gasteiger partial charge in [0, 0.05) is 4.47 Å². The number of nitrogens with two attached hydrogens (primary N) is 1. The van der Waals surface area contributed by atoms with Gasteiger partial charge in [0.15, 0.2) is 5.82 Å². The minimum Gasteiger partial charge on any atom is -0.321 e. The molecule has 2 N–H and O–H groups in total. The third-order valence-corrected chi connectivity index (χ3v) is 2.63. The molecule has 0 radical (unpaired) electrons.